The van der Waals surface area contributed by atoms with Crippen LogP contribution in [-0.2, 0) is 16.6 Å². The standard InChI is InChI=1S/C18H25NO.C13H19ClN2O2/c1-19-10-9-18-8-4-3-5-15(18)17(19)11-13-6-7-14(20-2)12-16(13)18;1-3-16(4-2)9-10-18-13(17)11-5-7-12(15-14)8-6-11/h6-7,12,15,17H,3-5,8-11H2,1-2H3;5-8,15H,3-4,9-10H2,1-2H3/t15-,17+,18+;/m1./s1. The monoisotopic (exact) mass is 541 g/mol. The predicted molar refractivity (Wildman–Crippen MR) is 155 cm³/mol. The molecule has 1 aliphatic heterocycles. The van der Waals surface area contributed by atoms with Crippen molar-refractivity contribution in [2.45, 2.75) is 63.8 Å². The number of likely N-dealkylation sites (N-methyl/N-ethyl adjacent to an activating group) is 2. The van der Waals surface area contributed by atoms with Crippen LogP contribution >= 0.6 is 11.8 Å². The zero-order valence-electron chi connectivity index (χ0n) is 23.5. The van der Waals surface area contributed by atoms with Gasteiger partial charge in [-0.2, -0.15) is 0 Å². The molecule has 7 heteroatoms. The lowest BCUT2D eigenvalue weighted by Gasteiger charge is -2.58. The first kappa shape index (κ1) is 28.7. The van der Waals surface area contributed by atoms with Crippen LogP contribution < -0.4 is 9.57 Å². The molecule has 0 amide bonds. The number of hydrogen-bond donors (Lipinski definition) is 1. The molecule has 2 aromatic carbocycles. The number of hydrogen-bond acceptors (Lipinski definition) is 6. The molecule has 0 aromatic heterocycles. The van der Waals surface area contributed by atoms with Gasteiger partial charge in [0.2, 0.25) is 0 Å². The average Bonchev–Trinajstić information content (AvgIpc) is 2.97. The topological polar surface area (TPSA) is 54.0 Å². The van der Waals surface area contributed by atoms with Crippen molar-refractivity contribution < 1.29 is 14.3 Å². The maximum atomic E-state index is 11.7. The molecule has 38 heavy (non-hydrogen) atoms. The fourth-order valence-corrected chi connectivity index (χ4v) is 6.99. The lowest BCUT2D eigenvalue weighted by atomic mass is 9.52. The molecule has 6 nitrogen and oxygen atoms in total. The van der Waals surface area contributed by atoms with Crippen molar-refractivity contribution in [1.29, 1.82) is 0 Å². The number of piperidine rings is 1. The Balaban J connectivity index is 0.000000179. The molecule has 2 fully saturated rings. The number of carbonyl (C=O) groups is 1. The Kier molecular flexibility index (Phi) is 9.97. The van der Waals surface area contributed by atoms with E-state index in [1.54, 1.807) is 42.5 Å². The third-order valence-electron chi connectivity index (χ3n) is 9.09. The summed E-state index contributed by atoms with van der Waals surface area (Å²) in [5, 5.41) is 0. The maximum Gasteiger partial charge on any atom is 0.338 e. The van der Waals surface area contributed by atoms with Crippen molar-refractivity contribution in [3.63, 3.8) is 0 Å². The molecule has 1 N–H and O–H groups in total. The minimum atomic E-state index is -0.303. The van der Waals surface area contributed by atoms with Crippen LogP contribution in [0, 0.1) is 5.92 Å². The second kappa shape index (κ2) is 13.2. The summed E-state index contributed by atoms with van der Waals surface area (Å²) in [4.78, 5) is 19.0. The SMILES string of the molecule is CCN(CC)CCOC(=O)c1ccc(NCl)cc1.COc1ccc2c(c1)[C@]13CCCC[C@@H]1[C@H](C2)N(C)CC3. The number of methoxy groups -OCH3 is 1. The van der Waals surface area contributed by atoms with Gasteiger partial charge in [-0.15, -0.1) is 0 Å². The van der Waals surface area contributed by atoms with E-state index in [9.17, 15) is 4.79 Å². The van der Waals surface area contributed by atoms with Crippen molar-refractivity contribution in [3.05, 3.63) is 59.2 Å². The summed E-state index contributed by atoms with van der Waals surface area (Å²) in [6.45, 7) is 8.54. The third-order valence-corrected chi connectivity index (χ3v) is 9.30. The Morgan fingerprint density at radius 2 is 1.89 bits per heavy atom. The van der Waals surface area contributed by atoms with Gasteiger partial charge in [-0.1, -0.05) is 32.8 Å². The molecule has 3 atom stereocenters. The zero-order valence-corrected chi connectivity index (χ0v) is 24.2. The fourth-order valence-electron chi connectivity index (χ4n) is 6.86. The highest BCUT2D eigenvalue weighted by molar-refractivity contribution is 6.23. The Morgan fingerprint density at radius 1 is 1.13 bits per heavy atom. The van der Waals surface area contributed by atoms with Crippen LogP contribution in [0.15, 0.2) is 42.5 Å². The van der Waals surface area contributed by atoms with E-state index < -0.39 is 0 Å². The van der Waals surface area contributed by atoms with E-state index in [0.717, 1.165) is 43.0 Å². The second-order valence-electron chi connectivity index (χ2n) is 10.9. The summed E-state index contributed by atoms with van der Waals surface area (Å²) >= 11 is 5.44. The molecule has 3 aliphatic rings. The van der Waals surface area contributed by atoms with Gasteiger partial charge >= 0.3 is 5.97 Å². The number of ether oxygens (including phenoxy) is 2. The van der Waals surface area contributed by atoms with Gasteiger partial charge < -0.3 is 19.3 Å². The molecule has 5 rings (SSSR count). The van der Waals surface area contributed by atoms with Gasteiger partial charge in [0.05, 0.1) is 12.7 Å². The summed E-state index contributed by atoms with van der Waals surface area (Å²) in [7, 11) is 4.12. The van der Waals surface area contributed by atoms with Crippen molar-refractivity contribution >= 4 is 23.4 Å². The van der Waals surface area contributed by atoms with Crippen LogP contribution in [-0.4, -0.2) is 68.8 Å². The Bertz CT molecular complexity index is 1060. The molecule has 0 spiro atoms. The Labute approximate surface area is 233 Å². The second-order valence-corrected chi connectivity index (χ2v) is 11.1. The van der Waals surface area contributed by atoms with Gasteiger partial charge in [0.1, 0.15) is 12.4 Å². The number of esters is 1. The summed E-state index contributed by atoms with van der Waals surface area (Å²) in [5.41, 5.74) is 4.95. The molecule has 2 aliphatic carbocycles. The van der Waals surface area contributed by atoms with Gasteiger partial charge in [-0.05, 0) is 106 Å². The minimum Gasteiger partial charge on any atom is -0.497 e. The first-order valence-electron chi connectivity index (χ1n) is 14.2. The highest BCUT2D eigenvalue weighted by atomic mass is 35.5. The molecule has 1 saturated heterocycles. The van der Waals surface area contributed by atoms with Crippen molar-refractivity contribution in [3.8, 4) is 5.75 Å². The maximum absolute atomic E-state index is 11.7. The van der Waals surface area contributed by atoms with E-state index in [1.165, 1.54) is 45.1 Å². The van der Waals surface area contributed by atoms with Gasteiger partial charge in [0.25, 0.3) is 0 Å². The number of benzene rings is 2. The van der Waals surface area contributed by atoms with Crippen LogP contribution in [0.1, 0.15) is 67.4 Å². The van der Waals surface area contributed by atoms with Crippen LogP contribution in [0.5, 0.6) is 5.75 Å². The van der Waals surface area contributed by atoms with Crippen LogP contribution in [0.2, 0.25) is 0 Å². The van der Waals surface area contributed by atoms with Gasteiger partial charge in [-0.3, -0.25) is 4.84 Å². The molecule has 2 bridgehead atoms. The van der Waals surface area contributed by atoms with E-state index in [4.69, 9.17) is 21.3 Å². The van der Waals surface area contributed by atoms with Crippen LogP contribution in [0.3, 0.4) is 0 Å². The fraction of sp³-hybridized carbons (Fsp3) is 0.581. The highest BCUT2D eigenvalue weighted by Gasteiger charge is 2.53. The molecule has 208 valence electrons. The largest absolute Gasteiger partial charge is 0.497 e. The molecule has 1 heterocycles. The highest BCUT2D eigenvalue weighted by Crippen LogP contribution is 2.55. The molecule has 1 saturated carbocycles. The smallest absolute Gasteiger partial charge is 0.338 e. The van der Waals surface area contributed by atoms with Crippen molar-refractivity contribution in [2.24, 2.45) is 5.92 Å². The summed E-state index contributed by atoms with van der Waals surface area (Å²) in [6, 6.07) is 14.4. The summed E-state index contributed by atoms with van der Waals surface area (Å²) < 4.78 is 10.7. The predicted octanol–water partition coefficient (Wildman–Crippen LogP) is 6.13. The van der Waals surface area contributed by atoms with Gasteiger partial charge in [0, 0.05) is 35.5 Å². The summed E-state index contributed by atoms with van der Waals surface area (Å²) in [6.07, 6.45) is 8.22. The van der Waals surface area contributed by atoms with Crippen LogP contribution in [0.25, 0.3) is 0 Å². The van der Waals surface area contributed by atoms with E-state index >= 15 is 0 Å². The van der Waals surface area contributed by atoms with Crippen LogP contribution in [0.4, 0.5) is 5.69 Å². The number of anilines is 1. The van der Waals surface area contributed by atoms with E-state index in [-0.39, 0.29) is 5.97 Å². The number of nitrogens with zero attached hydrogens (tertiary/aromatic N) is 2. The zero-order chi connectivity index (χ0) is 27.1. The molecule has 2 aromatic rings. The molecular formula is C31H44ClN3O3. The number of halogens is 1. The van der Waals surface area contributed by atoms with E-state index in [2.05, 4.69) is 53.7 Å². The number of likely N-dealkylation sites (tertiary alicyclic amines) is 1. The third kappa shape index (κ3) is 6.13. The minimum absolute atomic E-state index is 0.303. The summed E-state index contributed by atoms with van der Waals surface area (Å²) in [5.74, 6) is 1.61. The Hall–Kier alpha value is -2.28. The first-order valence-corrected chi connectivity index (χ1v) is 14.6. The van der Waals surface area contributed by atoms with Gasteiger partial charge in [0.15, 0.2) is 0 Å². The Morgan fingerprint density at radius 3 is 2.58 bits per heavy atom. The lowest BCUT2D eigenvalue weighted by molar-refractivity contribution is 0.00274. The quantitative estimate of drug-likeness (QED) is 0.320. The lowest BCUT2D eigenvalue weighted by Crippen LogP contribution is -2.59. The molecule has 0 radical (unpaired) electrons. The van der Waals surface area contributed by atoms with Gasteiger partial charge in [-0.25, -0.2) is 4.79 Å². The van der Waals surface area contributed by atoms with E-state index in [1.807, 2.05) is 0 Å². The van der Waals surface area contributed by atoms with Crippen molar-refractivity contribution in [1.82, 2.24) is 9.80 Å². The first-order chi connectivity index (χ1) is 18.4. The molecular weight excluding hydrogens is 498 g/mol. The molecule has 0 unspecified atom stereocenters. The number of rotatable bonds is 8. The number of fused-ring (bicyclic) bond motifs is 1. The number of carbonyl (C=O) groups excluding carboxylic acids is 1. The van der Waals surface area contributed by atoms with Crippen molar-refractivity contribution in [2.75, 3.05) is 51.8 Å². The van der Waals surface area contributed by atoms with E-state index in [0.29, 0.717) is 17.6 Å². The normalized spacial score (nSPS) is 23.9. The average molecular weight is 542 g/mol. The number of nitrogens with one attached hydrogen (secondary N) is 1.